The van der Waals surface area contributed by atoms with Crippen LogP contribution in [0.15, 0.2) is 24.4 Å². The van der Waals surface area contributed by atoms with Crippen molar-refractivity contribution in [1.82, 2.24) is 0 Å². The molecule has 1 heterocycles. The Morgan fingerprint density at radius 2 is 2.15 bits per heavy atom. The van der Waals surface area contributed by atoms with Gasteiger partial charge in [-0.15, -0.1) is 0 Å². The number of nitrogens with one attached hydrogen (secondary N) is 1. The van der Waals surface area contributed by atoms with E-state index in [1.807, 2.05) is 6.07 Å². The first-order chi connectivity index (χ1) is 6.34. The van der Waals surface area contributed by atoms with Gasteiger partial charge in [0.2, 0.25) is 0 Å². The molecule has 13 heavy (non-hydrogen) atoms. The lowest BCUT2D eigenvalue weighted by Crippen LogP contribution is -2.33. The van der Waals surface area contributed by atoms with Crippen molar-refractivity contribution in [2.75, 3.05) is 18.5 Å². The highest BCUT2D eigenvalue weighted by atomic mass is 16.5. The molecule has 0 aromatic carbocycles. The highest BCUT2D eigenvalue weighted by Crippen LogP contribution is 1.97. The minimum Gasteiger partial charge on any atom is -0.396 e. The molecule has 3 N–H and O–H groups in total. The number of hydrogen-bond donors (Lipinski definition) is 3. The quantitative estimate of drug-likeness (QED) is 0.352. The molecule has 4 nitrogen and oxygen atoms in total. The Kier molecular flexibility index (Phi) is 4.05. The molecule has 0 aliphatic carbocycles. The third kappa shape index (κ3) is 3.29. The van der Waals surface area contributed by atoms with Crippen LogP contribution < -0.4 is 10.0 Å². The van der Waals surface area contributed by atoms with Crippen molar-refractivity contribution in [3.05, 3.63) is 24.4 Å². The zero-order valence-electron chi connectivity index (χ0n) is 7.48. The van der Waals surface area contributed by atoms with E-state index in [-0.39, 0.29) is 6.61 Å². The second-order valence-corrected chi connectivity index (χ2v) is 2.79. The summed E-state index contributed by atoms with van der Waals surface area (Å²) in [4.78, 5) is 0. The van der Waals surface area contributed by atoms with Gasteiger partial charge in [-0.25, -0.2) is 0 Å². The first-order valence-corrected chi connectivity index (χ1v) is 4.39. The first kappa shape index (κ1) is 9.80. The molecule has 1 rings (SSSR count). The molecule has 0 saturated carbocycles. The van der Waals surface area contributed by atoms with Gasteiger partial charge in [-0.05, 0) is 18.9 Å². The molecule has 0 unspecified atom stereocenters. The van der Waals surface area contributed by atoms with Gasteiger partial charge in [-0.2, -0.15) is 0 Å². The van der Waals surface area contributed by atoms with Crippen LogP contribution in [-0.4, -0.2) is 23.5 Å². The molecule has 0 spiro atoms. The highest BCUT2D eigenvalue weighted by Gasteiger charge is 2.03. The van der Waals surface area contributed by atoms with Crippen molar-refractivity contribution in [3.63, 3.8) is 0 Å². The Morgan fingerprint density at radius 1 is 1.31 bits per heavy atom. The van der Waals surface area contributed by atoms with Gasteiger partial charge in [0.25, 0.3) is 0 Å². The first-order valence-electron chi connectivity index (χ1n) is 4.39. The van der Waals surface area contributed by atoms with Crippen LogP contribution in [0.1, 0.15) is 12.8 Å². The third-order valence-electron chi connectivity index (χ3n) is 1.73. The molecule has 4 heteroatoms. The fourth-order valence-electron chi connectivity index (χ4n) is 1.03. The Balaban J connectivity index is 2.32. The van der Waals surface area contributed by atoms with E-state index in [1.165, 1.54) is 0 Å². The largest absolute Gasteiger partial charge is 0.396 e. The van der Waals surface area contributed by atoms with Crippen LogP contribution in [0.25, 0.3) is 0 Å². The van der Waals surface area contributed by atoms with E-state index in [0.717, 1.165) is 24.1 Å². The maximum absolute atomic E-state index is 9.27. The average molecular weight is 183 g/mol. The van der Waals surface area contributed by atoms with E-state index < -0.39 is 0 Å². The lowest BCUT2D eigenvalue weighted by atomic mass is 10.3. The number of unbranched alkanes of at least 4 members (excludes halogenated alkanes) is 1. The molecule has 0 aliphatic rings. The van der Waals surface area contributed by atoms with Crippen molar-refractivity contribution < 1.29 is 15.0 Å². The fourth-order valence-corrected chi connectivity index (χ4v) is 1.03. The van der Waals surface area contributed by atoms with Crippen LogP contribution >= 0.6 is 0 Å². The van der Waals surface area contributed by atoms with E-state index >= 15 is 0 Å². The molecular formula is C9H15N2O2+. The molecule has 1 aromatic heterocycles. The zero-order valence-corrected chi connectivity index (χ0v) is 7.48. The van der Waals surface area contributed by atoms with Crippen LogP contribution in [0.4, 0.5) is 5.82 Å². The maximum Gasteiger partial charge on any atom is 0.313 e. The van der Waals surface area contributed by atoms with Crippen molar-refractivity contribution in [3.8, 4) is 0 Å². The van der Waals surface area contributed by atoms with Gasteiger partial charge < -0.3 is 10.3 Å². The summed E-state index contributed by atoms with van der Waals surface area (Å²) in [5.74, 6) is 0.667. The SMILES string of the molecule is OCCCCNc1cccc[n+]1O. The topological polar surface area (TPSA) is 56.4 Å². The molecule has 0 amide bonds. The molecule has 0 saturated heterocycles. The van der Waals surface area contributed by atoms with Crippen LogP contribution in [0.5, 0.6) is 0 Å². The zero-order chi connectivity index (χ0) is 9.52. The van der Waals surface area contributed by atoms with Gasteiger partial charge >= 0.3 is 5.82 Å². The molecule has 0 radical (unpaired) electrons. The van der Waals surface area contributed by atoms with E-state index in [0.29, 0.717) is 5.82 Å². The summed E-state index contributed by atoms with van der Waals surface area (Å²) < 4.78 is 1.04. The number of aromatic nitrogens is 1. The molecule has 0 atom stereocenters. The monoisotopic (exact) mass is 183 g/mol. The Morgan fingerprint density at radius 3 is 2.85 bits per heavy atom. The van der Waals surface area contributed by atoms with Gasteiger partial charge in [-0.1, -0.05) is 10.8 Å². The van der Waals surface area contributed by atoms with Crippen molar-refractivity contribution in [2.45, 2.75) is 12.8 Å². The second kappa shape index (κ2) is 5.37. The number of pyridine rings is 1. The van der Waals surface area contributed by atoms with Gasteiger partial charge in [0.05, 0.1) is 6.54 Å². The molecule has 0 aliphatic heterocycles. The van der Waals surface area contributed by atoms with Crippen LogP contribution in [0, 0.1) is 0 Å². The van der Waals surface area contributed by atoms with Gasteiger partial charge in [0.15, 0.2) is 0 Å². The summed E-state index contributed by atoms with van der Waals surface area (Å²) >= 11 is 0. The van der Waals surface area contributed by atoms with Gasteiger partial charge in [-0.3, -0.25) is 5.32 Å². The number of aliphatic hydroxyl groups is 1. The minimum atomic E-state index is 0.218. The summed E-state index contributed by atoms with van der Waals surface area (Å²) in [5, 5.41) is 20.9. The second-order valence-electron chi connectivity index (χ2n) is 2.79. The lowest BCUT2D eigenvalue weighted by molar-refractivity contribution is -0.893. The van der Waals surface area contributed by atoms with Crippen LogP contribution in [0.2, 0.25) is 0 Å². The summed E-state index contributed by atoms with van der Waals surface area (Å²) in [5.41, 5.74) is 0. The molecule has 72 valence electrons. The number of hydrogen-bond acceptors (Lipinski definition) is 3. The number of nitrogens with zero attached hydrogens (tertiary/aromatic N) is 1. The van der Waals surface area contributed by atoms with E-state index in [4.69, 9.17) is 5.11 Å². The number of anilines is 1. The van der Waals surface area contributed by atoms with Gasteiger partial charge in [0, 0.05) is 12.7 Å². The molecule has 0 bridgehead atoms. The maximum atomic E-state index is 9.27. The predicted octanol–water partition coefficient (Wildman–Crippen LogP) is 0.396. The molecule has 0 fully saturated rings. The summed E-state index contributed by atoms with van der Waals surface area (Å²) in [7, 11) is 0. The normalized spacial score (nSPS) is 9.92. The Labute approximate surface area is 77.4 Å². The van der Waals surface area contributed by atoms with Crippen LogP contribution in [0.3, 0.4) is 0 Å². The lowest BCUT2D eigenvalue weighted by Gasteiger charge is -1.99. The third-order valence-corrected chi connectivity index (χ3v) is 1.73. The van der Waals surface area contributed by atoms with Crippen molar-refractivity contribution in [2.24, 2.45) is 0 Å². The van der Waals surface area contributed by atoms with E-state index in [2.05, 4.69) is 5.32 Å². The molecular weight excluding hydrogens is 168 g/mol. The van der Waals surface area contributed by atoms with Crippen molar-refractivity contribution >= 4 is 5.82 Å². The van der Waals surface area contributed by atoms with Crippen LogP contribution in [-0.2, 0) is 0 Å². The van der Waals surface area contributed by atoms with E-state index in [9.17, 15) is 5.21 Å². The smallest absolute Gasteiger partial charge is 0.313 e. The average Bonchev–Trinajstić information content (AvgIpc) is 2.15. The Bertz CT molecular complexity index is 253. The number of rotatable bonds is 5. The van der Waals surface area contributed by atoms with Crippen molar-refractivity contribution in [1.29, 1.82) is 0 Å². The number of aliphatic hydroxyl groups excluding tert-OH is 1. The standard InChI is InChI=1S/C9H14N2O2/c12-8-4-2-6-10-9-5-1-3-7-11(9)13/h1,3,5,7,12-13H,2,4,6,8H2/p+1. The van der Waals surface area contributed by atoms with Gasteiger partial charge in [0.1, 0.15) is 6.20 Å². The summed E-state index contributed by atoms with van der Waals surface area (Å²) in [6.07, 6.45) is 3.24. The van der Waals surface area contributed by atoms with E-state index in [1.54, 1.807) is 18.3 Å². The summed E-state index contributed by atoms with van der Waals surface area (Å²) in [6.45, 7) is 0.973. The highest BCUT2D eigenvalue weighted by molar-refractivity contribution is 5.26. The Hall–Kier alpha value is -1.29. The fraction of sp³-hybridized carbons (Fsp3) is 0.444. The minimum absolute atomic E-state index is 0.218. The summed E-state index contributed by atoms with van der Waals surface area (Å²) in [6, 6.07) is 5.39. The predicted molar refractivity (Wildman–Crippen MR) is 48.6 cm³/mol. The molecule has 1 aromatic rings.